The maximum Gasteiger partial charge on any atom is 0.348 e. The molecule has 6 heteroatoms. The van der Waals surface area contributed by atoms with E-state index in [1.165, 1.54) is 6.92 Å². The minimum absolute atomic E-state index is 0.130. The van der Waals surface area contributed by atoms with Gasteiger partial charge in [0.1, 0.15) is 5.92 Å². The quantitative estimate of drug-likeness (QED) is 0.587. The minimum Gasteiger partial charge on any atom is -0.455 e. The van der Waals surface area contributed by atoms with E-state index in [-0.39, 0.29) is 5.71 Å². The Balaban J connectivity index is 2.30. The fourth-order valence-electron chi connectivity index (χ4n) is 2.50. The molecule has 2 N–H and O–H groups in total. The molecule has 0 spiro atoms. The van der Waals surface area contributed by atoms with Crippen LogP contribution < -0.4 is 0 Å². The third-order valence-electron chi connectivity index (χ3n) is 3.91. The number of aliphatic hydroxyl groups is 1. The van der Waals surface area contributed by atoms with Crippen LogP contribution in [0.5, 0.6) is 0 Å². The van der Waals surface area contributed by atoms with Crippen LogP contribution in [0.4, 0.5) is 0 Å². The Bertz CT molecular complexity index is 802. The lowest BCUT2D eigenvalue weighted by molar-refractivity contribution is -0.164. The van der Waals surface area contributed by atoms with Gasteiger partial charge in [-0.25, -0.2) is 4.79 Å². The second-order valence-electron chi connectivity index (χ2n) is 5.73. The van der Waals surface area contributed by atoms with E-state index in [0.29, 0.717) is 11.1 Å². The Morgan fingerprint density at radius 3 is 1.96 bits per heavy atom. The van der Waals surface area contributed by atoms with Crippen LogP contribution in [0.3, 0.4) is 0 Å². The summed E-state index contributed by atoms with van der Waals surface area (Å²) in [7, 11) is 0. The Hall–Kier alpha value is -3.30. The predicted octanol–water partition coefficient (Wildman–Crippen LogP) is 2.21. The molecule has 0 heterocycles. The van der Waals surface area contributed by atoms with Gasteiger partial charge in [-0.15, -0.1) is 0 Å². The summed E-state index contributed by atoms with van der Waals surface area (Å²) in [5.74, 6) is -3.01. The highest BCUT2D eigenvalue weighted by Crippen LogP contribution is 2.31. The molecule has 0 radical (unpaired) electrons. The van der Waals surface area contributed by atoms with Crippen molar-refractivity contribution >= 4 is 17.5 Å². The number of ketones is 1. The van der Waals surface area contributed by atoms with Gasteiger partial charge < -0.3 is 15.3 Å². The third kappa shape index (κ3) is 3.85. The first kappa shape index (κ1) is 19.0. The van der Waals surface area contributed by atoms with E-state index in [9.17, 15) is 14.7 Å². The molecule has 26 heavy (non-hydrogen) atoms. The standard InChI is InChI=1S/C20H18N2O4/c1-14(22)17(12-21)18(23)13-26-19(24)20(25,15-8-4-2-5-9-15)16-10-6-3-7-11-16/h2-11,17,22,25H,13H2,1H3. The van der Waals surface area contributed by atoms with Crippen molar-refractivity contribution in [3.63, 3.8) is 0 Å². The normalized spacial score (nSPS) is 11.9. The molecule has 0 fully saturated rings. The first-order valence-electron chi connectivity index (χ1n) is 7.89. The van der Waals surface area contributed by atoms with Crippen molar-refractivity contribution in [2.24, 2.45) is 5.92 Å². The van der Waals surface area contributed by atoms with Crippen LogP contribution in [-0.2, 0) is 19.9 Å². The zero-order valence-corrected chi connectivity index (χ0v) is 14.2. The van der Waals surface area contributed by atoms with E-state index < -0.39 is 29.9 Å². The Labute approximate surface area is 151 Å². The van der Waals surface area contributed by atoms with Crippen molar-refractivity contribution in [2.75, 3.05) is 6.61 Å². The summed E-state index contributed by atoms with van der Waals surface area (Å²) in [4.78, 5) is 24.7. The number of nitrogens with one attached hydrogen (secondary N) is 1. The lowest BCUT2D eigenvalue weighted by Gasteiger charge is -2.27. The third-order valence-corrected chi connectivity index (χ3v) is 3.91. The van der Waals surface area contributed by atoms with Crippen molar-refractivity contribution in [3.05, 3.63) is 71.8 Å². The second kappa shape index (κ2) is 8.19. The summed E-state index contributed by atoms with van der Waals surface area (Å²) in [5, 5.41) is 27.5. The number of carbonyl (C=O) groups excluding carboxylic acids is 2. The van der Waals surface area contributed by atoms with Gasteiger partial charge in [0.15, 0.2) is 12.4 Å². The molecule has 0 aliphatic heterocycles. The molecule has 0 saturated heterocycles. The molecule has 0 bridgehead atoms. The van der Waals surface area contributed by atoms with Crippen LogP contribution in [0, 0.1) is 22.7 Å². The summed E-state index contributed by atoms with van der Waals surface area (Å²) < 4.78 is 5.02. The van der Waals surface area contributed by atoms with Crippen LogP contribution >= 0.6 is 0 Å². The Morgan fingerprint density at radius 2 is 1.58 bits per heavy atom. The molecule has 0 aliphatic rings. The van der Waals surface area contributed by atoms with E-state index >= 15 is 0 Å². The van der Waals surface area contributed by atoms with Crippen LogP contribution in [0.1, 0.15) is 18.1 Å². The SMILES string of the molecule is CC(=N)C(C#N)C(=O)COC(=O)C(O)(c1ccccc1)c1ccccc1. The number of hydrogen-bond acceptors (Lipinski definition) is 6. The number of esters is 1. The zero-order valence-electron chi connectivity index (χ0n) is 14.2. The van der Waals surface area contributed by atoms with Crippen molar-refractivity contribution < 1.29 is 19.4 Å². The predicted molar refractivity (Wildman–Crippen MR) is 94.4 cm³/mol. The van der Waals surface area contributed by atoms with Gasteiger partial charge in [0.2, 0.25) is 5.60 Å². The molecule has 0 aliphatic carbocycles. The first-order chi connectivity index (χ1) is 12.4. The topological polar surface area (TPSA) is 111 Å². The second-order valence-corrected chi connectivity index (χ2v) is 5.73. The van der Waals surface area contributed by atoms with Gasteiger partial charge in [-0.05, 0) is 18.1 Å². The number of nitriles is 1. The molecular weight excluding hydrogens is 332 g/mol. The van der Waals surface area contributed by atoms with Crippen LogP contribution in [0.25, 0.3) is 0 Å². The molecule has 0 amide bonds. The van der Waals surface area contributed by atoms with Gasteiger partial charge in [0.25, 0.3) is 0 Å². The van der Waals surface area contributed by atoms with Gasteiger partial charge in [-0.1, -0.05) is 60.7 Å². The maximum atomic E-state index is 12.7. The minimum atomic E-state index is -2.09. The zero-order chi connectivity index (χ0) is 19.2. The largest absolute Gasteiger partial charge is 0.455 e. The fraction of sp³-hybridized carbons (Fsp3) is 0.200. The lowest BCUT2D eigenvalue weighted by atomic mass is 9.86. The van der Waals surface area contributed by atoms with Gasteiger partial charge >= 0.3 is 5.97 Å². The van der Waals surface area contributed by atoms with Crippen LogP contribution in [0.15, 0.2) is 60.7 Å². The molecule has 2 rings (SSSR count). The Morgan fingerprint density at radius 1 is 1.12 bits per heavy atom. The highest BCUT2D eigenvalue weighted by molar-refractivity contribution is 6.06. The molecule has 2 aromatic carbocycles. The van der Waals surface area contributed by atoms with Crippen LogP contribution in [0.2, 0.25) is 0 Å². The van der Waals surface area contributed by atoms with Crippen molar-refractivity contribution in [1.29, 1.82) is 10.7 Å². The molecule has 132 valence electrons. The number of rotatable bonds is 7. The number of nitrogens with zero attached hydrogens (tertiary/aromatic N) is 1. The fourth-order valence-corrected chi connectivity index (χ4v) is 2.50. The van der Waals surface area contributed by atoms with Crippen molar-refractivity contribution in [2.45, 2.75) is 12.5 Å². The van der Waals surface area contributed by atoms with E-state index in [2.05, 4.69) is 0 Å². The summed E-state index contributed by atoms with van der Waals surface area (Å²) in [6.07, 6.45) is 0. The molecule has 6 nitrogen and oxygen atoms in total. The van der Waals surface area contributed by atoms with Gasteiger partial charge in [0, 0.05) is 5.71 Å². The number of carbonyl (C=O) groups is 2. The average molecular weight is 350 g/mol. The van der Waals surface area contributed by atoms with Gasteiger partial charge in [-0.2, -0.15) is 5.26 Å². The van der Waals surface area contributed by atoms with E-state index in [1.54, 1.807) is 66.7 Å². The molecule has 0 aromatic heterocycles. The summed E-state index contributed by atoms with van der Waals surface area (Å²) in [5.41, 5.74) is -1.63. The molecule has 1 unspecified atom stereocenters. The smallest absolute Gasteiger partial charge is 0.348 e. The van der Waals surface area contributed by atoms with Crippen LogP contribution in [-0.4, -0.2) is 29.2 Å². The number of Topliss-reactive ketones (excluding diaryl/α,β-unsaturated/α-hetero) is 1. The summed E-state index contributed by atoms with van der Waals surface area (Å²) in [6.45, 7) is 0.632. The molecular formula is C20H18N2O4. The summed E-state index contributed by atoms with van der Waals surface area (Å²) >= 11 is 0. The van der Waals surface area contributed by atoms with Gasteiger partial charge in [0.05, 0.1) is 6.07 Å². The lowest BCUT2D eigenvalue weighted by Crippen LogP contribution is -2.40. The molecule has 1 atom stereocenters. The highest BCUT2D eigenvalue weighted by atomic mass is 16.6. The number of ether oxygens (including phenoxy) is 1. The first-order valence-corrected chi connectivity index (χ1v) is 7.89. The Kier molecular flexibility index (Phi) is 5.99. The van der Waals surface area contributed by atoms with E-state index in [4.69, 9.17) is 15.4 Å². The number of hydrogen-bond donors (Lipinski definition) is 2. The van der Waals surface area contributed by atoms with Crippen molar-refractivity contribution in [1.82, 2.24) is 0 Å². The average Bonchev–Trinajstić information content (AvgIpc) is 2.67. The van der Waals surface area contributed by atoms with Gasteiger partial charge in [-0.3, -0.25) is 4.79 Å². The monoisotopic (exact) mass is 350 g/mol. The molecule has 2 aromatic rings. The van der Waals surface area contributed by atoms with Crippen molar-refractivity contribution in [3.8, 4) is 6.07 Å². The van der Waals surface area contributed by atoms with E-state index in [0.717, 1.165) is 0 Å². The maximum absolute atomic E-state index is 12.7. The molecule has 0 saturated carbocycles. The number of benzene rings is 2. The highest BCUT2D eigenvalue weighted by Gasteiger charge is 2.42. The van der Waals surface area contributed by atoms with E-state index in [1.807, 2.05) is 0 Å². The summed E-state index contributed by atoms with van der Waals surface area (Å²) in [6, 6.07) is 18.2.